The Labute approximate surface area is 127 Å². The van der Waals surface area contributed by atoms with Crippen molar-refractivity contribution in [3.63, 3.8) is 0 Å². The maximum Gasteiger partial charge on any atom is 0.274 e. The Morgan fingerprint density at radius 2 is 1.95 bits per heavy atom. The molecule has 1 aliphatic carbocycles. The van der Waals surface area contributed by atoms with Gasteiger partial charge in [-0.3, -0.25) is 9.59 Å². The standard InChI is InChI=1S/C17H17N3O2/c1-19-9-12(16(21)18-10-7-8-10)14-11-5-3-4-6-13(11)20(2)15(14)17(19)22/h3-6,9-10H,7-8H2,1-2H3,(H,18,21). The third kappa shape index (κ3) is 1.78. The monoisotopic (exact) mass is 295 g/mol. The zero-order valence-corrected chi connectivity index (χ0v) is 12.6. The molecule has 5 heteroatoms. The van der Waals surface area contributed by atoms with Crippen molar-refractivity contribution in [1.82, 2.24) is 14.5 Å². The third-order valence-corrected chi connectivity index (χ3v) is 4.38. The second kappa shape index (κ2) is 4.47. The lowest BCUT2D eigenvalue weighted by atomic mass is 10.1. The van der Waals surface area contributed by atoms with E-state index in [4.69, 9.17) is 0 Å². The van der Waals surface area contributed by atoms with Crippen LogP contribution in [0.3, 0.4) is 0 Å². The zero-order chi connectivity index (χ0) is 15.4. The van der Waals surface area contributed by atoms with Crippen molar-refractivity contribution in [2.75, 3.05) is 0 Å². The van der Waals surface area contributed by atoms with Gasteiger partial charge in [-0.1, -0.05) is 18.2 Å². The van der Waals surface area contributed by atoms with Crippen LogP contribution in [0.4, 0.5) is 0 Å². The maximum atomic E-state index is 12.6. The number of rotatable bonds is 2. The topological polar surface area (TPSA) is 56.0 Å². The molecule has 0 saturated heterocycles. The first-order chi connectivity index (χ1) is 10.6. The highest BCUT2D eigenvalue weighted by Crippen LogP contribution is 2.29. The molecular formula is C17H17N3O2. The lowest BCUT2D eigenvalue weighted by Crippen LogP contribution is -2.28. The summed E-state index contributed by atoms with van der Waals surface area (Å²) in [5.74, 6) is -0.0977. The molecule has 22 heavy (non-hydrogen) atoms. The summed E-state index contributed by atoms with van der Waals surface area (Å²) >= 11 is 0. The van der Waals surface area contributed by atoms with Crippen molar-refractivity contribution in [2.24, 2.45) is 14.1 Å². The Hall–Kier alpha value is -2.56. The van der Waals surface area contributed by atoms with Gasteiger partial charge in [0.05, 0.1) is 5.56 Å². The van der Waals surface area contributed by atoms with E-state index in [1.807, 2.05) is 35.9 Å². The Morgan fingerprint density at radius 3 is 2.68 bits per heavy atom. The van der Waals surface area contributed by atoms with Gasteiger partial charge in [0, 0.05) is 42.6 Å². The first-order valence-electron chi connectivity index (χ1n) is 7.45. The lowest BCUT2D eigenvalue weighted by molar-refractivity contribution is 0.0952. The molecule has 0 spiro atoms. The summed E-state index contributed by atoms with van der Waals surface area (Å²) in [6, 6.07) is 8.09. The highest BCUT2D eigenvalue weighted by Gasteiger charge is 2.26. The SMILES string of the molecule is Cn1cc(C(=O)NC2CC2)c2c3ccccc3n(C)c2c1=O. The minimum Gasteiger partial charge on any atom is -0.349 e. The Kier molecular flexibility index (Phi) is 2.66. The summed E-state index contributed by atoms with van der Waals surface area (Å²) in [6.07, 6.45) is 3.72. The number of aromatic nitrogens is 2. The van der Waals surface area contributed by atoms with E-state index in [1.54, 1.807) is 13.2 Å². The zero-order valence-electron chi connectivity index (χ0n) is 12.6. The van der Waals surface area contributed by atoms with Gasteiger partial charge in [0.15, 0.2) is 0 Å². The van der Waals surface area contributed by atoms with Crippen LogP contribution in [0.2, 0.25) is 0 Å². The number of nitrogens with zero attached hydrogens (tertiary/aromatic N) is 2. The van der Waals surface area contributed by atoms with Gasteiger partial charge in [0.2, 0.25) is 0 Å². The number of para-hydroxylation sites is 1. The molecule has 0 bridgehead atoms. The van der Waals surface area contributed by atoms with Crippen molar-refractivity contribution < 1.29 is 4.79 Å². The predicted molar refractivity (Wildman–Crippen MR) is 86.2 cm³/mol. The van der Waals surface area contributed by atoms with Gasteiger partial charge in [0.25, 0.3) is 11.5 Å². The normalized spacial score (nSPS) is 14.6. The number of hydrogen-bond donors (Lipinski definition) is 1. The largest absolute Gasteiger partial charge is 0.349 e. The summed E-state index contributed by atoms with van der Waals surface area (Å²) < 4.78 is 3.37. The highest BCUT2D eigenvalue weighted by molar-refractivity contribution is 6.17. The molecule has 1 aliphatic rings. The van der Waals surface area contributed by atoms with Crippen LogP contribution >= 0.6 is 0 Å². The minimum atomic E-state index is -0.0977. The summed E-state index contributed by atoms with van der Waals surface area (Å²) in [7, 11) is 3.56. The number of carbonyl (C=O) groups excluding carboxylic acids is 1. The van der Waals surface area contributed by atoms with Crippen molar-refractivity contribution in [2.45, 2.75) is 18.9 Å². The average molecular weight is 295 g/mol. The first kappa shape index (κ1) is 13.1. The summed E-state index contributed by atoms with van der Waals surface area (Å²) in [4.78, 5) is 25.1. The number of amides is 1. The summed E-state index contributed by atoms with van der Waals surface area (Å²) in [5, 5.41) is 4.71. The molecule has 0 unspecified atom stereocenters. The third-order valence-electron chi connectivity index (χ3n) is 4.38. The molecule has 4 rings (SSSR count). The van der Waals surface area contributed by atoms with E-state index >= 15 is 0 Å². The van der Waals surface area contributed by atoms with Crippen LogP contribution in [0, 0.1) is 0 Å². The van der Waals surface area contributed by atoms with Crippen LogP contribution in [0.25, 0.3) is 21.8 Å². The Balaban J connectivity index is 2.11. The van der Waals surface area contributed by atoms with Crippen molar-refractivity contribution in [3.05, 3.63) is 46.4 Å². The molecule has 2 heterocycles. The van der Waals surface area contributed by atoms with E-state index in [0.717, 1.165) is 29.1 Å². The molecule has 1 fully saturated rings. The second-order valence-corrected chi connectivity index (χ2v) is 6.01. The number of carbonyl (C=O) groups is 1. The van der Waals surface area contributed by atoms with Gasteiger partial charge in [-0.05, 0) is 18.9 Å². The van der Waals surface area contributed by atoms with E-state index in [9.17, 15) is 9.59 Å². The van der Waals surface area contributed by atoms with Crippen LogP contribution in [0.15, 0.2) is 35.3 Å². The molecule has 112 valence electrons. The van der Waals surface area contributed by atoms with Crippen LogP contribution in [0.5, 0.6) is 0 Å². The van der Waals surface area contributed by atoms with Crippen molar-refractivity contribution in [1.29, 1.82) is 0 Å². The van der Waals surface area contributed by atoms with Gasteiger partial charge in [-0.2, -0.15) is 0 Å². The van der Waals surface area contributed by atoms with Crippen molar-refractivity contribution in [3.8, 4) is 0 Å². The summed E-state index contributed by atoms with van der Waals surface area (Å²) in [5.41, 5.74) is 2.02. The molecule has 1 N–H and O–H groups in total. The van der Waals surface area contributed by atoms with Crippen LogP contribution in [0.1, 0.15) is 23.2 Å². The number of fused-ring (bicyclic) bond motifs is 3. The number of aryl methyl sites for hydroxylation is 2. The van der Waals surface area contributed by atoms with Gasteiger partial charge in [0.1, 0.15) is 5.52 Å². The predicted octanol–water partition coefficient (Wildman–Crippen LogP) is 1.92. The highest BCUT2D eigenvalue weighted by atomic mass is 16.2. The molecule has 1 amide bonds. The molecule has 0 atom stereocenters. The fourth-order valence-corrected chi connectivity index (χ4v) is 3.06. The van der Waals surface area contributed by atoms with Gasteiger partial charge < -0.3 is 14.5 Å². The van der Waals surface area contributed by atoms with Gasteiger partial charge in [-0.15, -0.1) is 0 Å². The average Bonchev–Trinajstić information content (AvgIpc) is 3.27. The number of benzene rings is 1. The first-order valence-corrected chi connectivity index (χ1v) is 7.45. The van der Waals surface area contributed by atoms with Crippen molar-refractivity contribution >= 4 is 27.7 Å². The molecular weight excluding hydrogens is 278 g/mol. The van der Waals surface area contributed by atoms with Gasteiger partial charge >= 0.3 is 0 Å². The fraction of sp³-hybridized carbons (Fsp3) is 0.294. The number of pyridine rings is 1. The van der Waals surface area contributed by atoms with E-state index in [2.05, 4.69) is 5.32 Å². The quantitative estimate of drug-likeness (QED) is 0.785. The van der Waals surface area contributed by atoms with Crippen LogP contribution in [-0.2, 0) is 14.1 Å². The lowest BCUT2D eigenvalue weighted by Gasteiger charge is -2.08. The Morgan fingerprint density at radius 1 is 1.23 bits per heavy atom. The minimum absolute atomic E-state index is 0.0864. The van der Waals surface area contributed by atoms with Crippen LogP contribution in [-0.4, -0.2) is 21.1 Å². The molecule has 1 aromatic carbocycles. The molecule has 5 nitrogen and oxygen atoms in total. The second-order valence-electron chi connectivity index (χ2n) is 6.01. The van der Waals surface area contributed by atoms with E-state index < -0.39 is 0 Å². The molecule has 3 aromatic rings. The molecule has 2 aromatic heterocycles. The summed E-state index contributed by atoms with van der Waals surface area (Å²) in [6.45, 7) is 0. The molecule has 0 radical (unpaired) electrons. The maximum absolute atomic E-state index is 12.6. The van der Waals surface area contributed by atoms with E-state index in [0.29, 0.717) is 11.1 Å². The van der Waals surface area contributed by atoms with E-state index in [-0.39, 0.29) is 17.5 Å². The smallest absolute Gasteiger partial charge is 0.274 e. The van der Waals surface area contributed by atoms with Crippen LogP contribution < -0.4 is 10.9 Å². The fourth-order valence-electron chi connectivity index (χ4n) is 3.06. The molecule has 0 aliphatic heterocycles. The Bertz CT molecular complexity index is 977. The number of nitrogens with one attached hydrogen (secondary N) is 1. The molecule has 1 saturated carbocycles. The van der Waals surface area contributed by atoms with Gasteiger partial charge in [-0.25, -0.2) is 0 Å². The van der Waals surface area contributed by atoms with E-state index in [1.165, 1.54) is 4.57 Å². The number of hydrogen-bond acceptors (Lipinski definition) is 2.